The number of hydrogen-bond acceptors (Lipinski definition) is 5. The van der Waals surface area contributed by atoms with Gasteiger partial charge in [-0.15, -0.1) is 0 Å². The summed E-state index contributed by atoms with van der Waals surface area (Å²) in [6.45, 7) is 0.865. The highest BCUT2D eigenvalue weighted by Gasteiger charge is 2.44. The van der Waals surface area contributed by atoms with Crippen LogP contribution in [0.4, 0.5) is 0 Å². The van der Waals surface area contributed by atoms with Gasteiger partial charge in [-0.3, -0.25) is 9.59 Å². The van der Waals surface area contributed by atoms with Crippen molar-refractivity contribution in [3.8, 4) is 28.4 Å². The SMILES string of the molecule is COc1ccc(-c2cccc3c2CNC3=O)c(OCC2(CCC(=O)O)CC2)c1OC. The van der Waals surface area contributed by atoms with Gasteiger partial charge in [-0.05, 0) is 48.6 Å². The summed E-state index contributed by atoms with van der Waals surface area (Å²) in [6.07, 6.45) is 2.61. The summed E-state index contributed by atoms with van der Waals surface area (Å²) >= 11 is 0. The number of carbonyl (C=O) groups excluding carboxylic acids is 1. The van der Waals surface area contributed by atoms with Gasteiger partial charge < -0.3 is 24.6 Å². The van der Waals surface area contributed by atoms with Crippen LogP contribution in [-0.4, -0.2) is 37.8 Å². The smallest absolute Gasteiger partial charge is 0.303 e. The van der Waals surface area contributed by atoms with Gasteiger partial charge in [0.1, 0.15) is 0 Å². The second-order valence-electron chi connectivity index (χ2n) is 7.87. The molecule has 0 bridgehead atoms. The Kier molecular flexibility index (Phi) is 5.28. The summed E-state index contributed by atoms with van der Waals surface area (Å²) in [5.74, 6) is 0.705. The minimum absolute atomic E-state index is 0.0830. The van der Waals surface area contributed by atoms with E-state index in [1.807, 2.05) is 30.3 Å². The van der Waals surface area contributed by atoms with Crippen LogP contribution in [0.5, 0.6) is 17.2 Å². The maximum absolute atomic E-state index is 12.1. The van der Waals surface area contributed by atoms with Crippen molar-refractivity contribution in [1.29, 1.82) is 0 Å². The third-order valence-electron chi connectivity index (χ3n) is 5.99. The lowest BCUT2D eigenvalue weighted by Gasteiger charge is -2.21. The molecule has 7 heteroatoms. The molecule has 1 saturated carbocycles. The first-order valence-electron chi connectivity index (χ1n) is 9.98. The normalized spacial score (nSPS) is 15.9. The van der Waals surface area contributed by atoms with Crippen molar-refractivity contribution >= 4 is 11.9 Å². The van der Waals surface area contributed by atoms with Crippen molar-refractivity contribution in [3.63, 3.8) is 0 Å². The Morgan fingerprint density at radius 3 is 2.50 bits per heavy atom. The third kappa shape index (κ3) is 3.67. The van der Waals surface area contributed by atoms with Crippen molar-refractivity contribution < 1.29 is 28.9 Å². The van der Waals surface area contributed by atoms with Gasteiger partial charge in [-0.2, -0.15) is 0 Å². The summed E-state index contributed by atoms with van der Waals surface area (Å²) in [5.41, 5.74) is 3.19. The predicted octanol–water partition coefficient (Wildman–Crippen LogP) is 3.64. The summed E-state index contributed by atoms with van der Waals surface area (Å²) in [4.78, 5) is 23.1. The van der Waals surface area contributed by atoms with Crippen molar-refractivity contribution in [2.45, 2.75) is 32.2 Å². The zero-order valence-corrected chi connectivity index (χ0v) is 17.1. The number of methoxy groups -OCH3 is 2. The highest BCUT2D eigenvalue weighted by atomic mass is 16.5. The van der Waals surface area contributed by atoms with Gasteiger partial charge >= 0.3 is 5.97 Å². The second-order valence-corrected chi connectivity index (χ2v) is 7.87. The number of nitrogens with one attached hydrogen (secondary N) is 1. The molecular weight excluding hydrogens is 386 g/mol. The Hall–Kier alpha value is -3.22. The van der Waals surface area contributed by atoms with Gasteiger partial charge in [0.2, 0.25) is 5.75 Å². The summed E-state index contributed by atoms with van der Waals surface area (Å²) in [5, 5.41) is 11.9. The van der Waals surface area contributed by atoms with E-state index >= 15 is 0 Å². The molecule has 2 aromatic rings. The fourth-order valence-corrected chi connectivity index (χ4v) is 4.00. The van der Waals surface area contributed by atoms with E-state index in [4.69, 9.17) is 19.3 Å². The Bertz CT molecular complexity index is 995. The van der Waals surface area contributed by atoms with E-state index in [-0.39, 0.29) is 17.7 Å². The third-order valence-corrected chi connectivity index (χ3v) is 5.99. The molecule has 158 valence electrons. The average Bonchev–Trinajstić information content (AvgIpc) is 3.44. The van der Waals surface area contributed by atoms with Gasteiger partial charge in [0.25, 0.3) is 5.91 Å². The number of hydrogen-bond donors (Lipinski definition) is 2. The lowest BCUT2D eigenvalue weighted by atomic mass is 9.95. The first kappa shape index (κ1) is 20.1. The van der Waals surface area contributed by atoms with Crippen molar-refractivity contribution in [2.75, 3.05) is 20.8 Å². The molecule has 0 saturated heterocycles. The van der Waals surface area contributed by atoms with Crippen LogP contribution in [0.1, 0.15) is 41.6 Å². The van der Waals surface area contributed by atoms with E-state index in [1.165, 1.54) is 0 Å². The maximum atomic E-state index is 12.1. The summed E-state index contributed by atoms with van der Waals surface area (Å²) in [6, 6.07) is 9.36. The number of rotatable bonds is 9. The molecule has 2 aliphatic rings. The van der Waals surface area contributed by atoms with E-state index in [0.29, 0.717) is 42.4 Å². The van der Waals surface area contributed by atoms with Gasteiger partial charge in [-0.25, -0.2) is 0 Å². The standard InChI is InChI=1S/C23H25NO6/c1-28-18-7-6-15(14-4-3-5-16-17(14)12-24-22(16)27)20(21(18)29-2)30-13-23(10-11-23)9-8-19(25)26/h3-7H,8-13H2,1-2H3,(H,24,27)(H,25,26). The molecule has 0 aromatic heterocycles. The average molecular weight is 411 g/mol. The van der Waals surface area contributed by atoms with Crippen LogP contribution in [-0.2, 0) is 11.3 Å². The van der Waals surface area contributed by atoms with Crippen LogP contribution < -0.4 is 19.5 Å². The molecule has 0 unspecified atom stereocenters. The number of aliphatic carboxylic acids is 1. The molecule has 1 amide bonds. The first-order valence-corrected chi connectivity index (χ1v) is 9.98. The molecule has 1 heterocycles. The molecule has 1 aliphatic carbocycles. The number of amides is 1. The largest absolute Gasteiger partial charge is 0.493 e. The fraction of sp³-hybridized carbons (Fsp3) is 0.391. The highest BCUT2D eigenvalue weighted by Crippen LogP contribution is 2.52. The van der Waals surface area contributed by atoms with E-state index in [0.717, 1.165) is 29.5 Å². The molecule has 0 atom stereocenters. The molecule has 7 nitrogen and oxygen atoms in total. The van der Waals surface area contributed by atoms with Gasteiger partial charge in [-0.1, -0.05) is 12.1 Å². The van der Waals surface area contributed by atoms with E-state index in [1.54, 1.807) is 14.2 Å². The van der Waals surface area contributed by atoms with Crippen LogP contribution in [0.25, 0.3) is 11.1 Å². The Labute approximate surface area is 174 Å². The predicted molar refractivity (Wildman–Crippen MR) is 110 cm³/mol. The molecule has 1 aliphatic heterocycles. The maximum Gasteiger partial charge on any atom is 0.303 e. The summed E-state index contributed by atoms with van der Waals surface area (Å²) in [7, 11) is 3.13. The van der Waals surface area contributed by atoms with E-state index in [2.05, 4.69) is 5.32 Å². The van der Waals surface area contributed by atoms with Gasteiger partial charge in [0, 0.05) is 29.5 Å². The Balaban J connectivity index is 1.72. The molecule has 0 radical (unpaired) electrons. The Morgan fingerprint density at radius 1 is 1.07 bits per heavy atom. The number of carboxylic acids is 1. The molecule has 0 spiro atoms. The topological polar surface area (TPSA) is 94.1 Å². The molecular formula is C23H25NO6. The first-order chi connectivity index (χ1) is 14.5. The quantitative estimate of drug-likeness (QED) is 0.654. The number of fused-ring (bicyclic) bond motifs is 1. The van der Waals surface area contributed by atoms with E-state index in [9.17, 15) is 9.59 Å². The number of carbonyl (C=O) groups is 2. The molecule has 2 N–H and O–H groups in total. The lowest BCUT2D eigenvalue weighted by Crippen LogP contribution is -2.16. The monoisotopic (exact) mass is 411 g/mol. The van der Waals surface area contributed by atoms with Crippen LogP contribution in [0, 0.1) is 5.41 Å². The minimum atomic E-state index is -0.794. The zero-order chi connectivity index (χ0) is 21.3. The molecule has 30 heavy (non-hydrogen) atoms. The van der Waals surface area contributed by atoms with Crippen molar-refractivity contribution in [1.82, 2.24) is 5.32 Å². The van der Waals surface area contributed by atoms with E-state index < -0.39 is 5.97 Å². The molecule has 4 rings (SSSR count). The van der Waals surface area contributed by atoms with Crippen LogP contribution >= 0.6 is 0 Å². The van der Waals surface area contributed by atoms with Crippen molar-refractivity contribution in [3.05, 3.63) is 41.5 Å². The summed E-state index contributed by atoms with van der Waals surface area (Å²) < 4.78 is 17.4. The second kappa shape index (κ2) is 7.89. The molecule has 1 fully saturated rings. The lowest BCUT2D eigenvalue weighted by molar-refractivity contribution is -0.137. The number of carboxylic acid groups (broad SMARTS) is 1. The van der Waals surface area contributed by atoms with Crippen LogP contribution in [0.2, 0.25) is 0 Å². The number of benzene rings is 2. The Morgan fingerprint density at radius 2 is 1.83 bits per heavy atom. The number of ether oxygens (including phenoxy) is 3. The fourth-order valence-electron chi connectivity index (χ4n) is 4.00. The zero-order valence-electron chi connectivity index (χ0n) is 17.1. The minimum Gasteiger partial charge on any atom is -0.493 e. The van der Waals surface area contributed by atoms with Gasteiger partial charge in [0.15, 0.2) is 11.5 Å². The highest BCUT2D eigenvalue weighted by molar-refractivity contribution is 6.01. The van der Waals surface area contributed by atoms with Crippen molar-refractivity contribution in [2.24, 2.45) is 5.41 Å². The van der Waals surface area contributed by atoms with Gasteiger partial charge in [0.05, 0.1) is 20.8 Å². The van der Waals surface area contributed by atoms with Crippen LogP contribution in [0.3, 0.4) is 0 Å². The molecule has 2 aromatic carbocycles. The van der Waals surface area contributed by atoms with Crippen LogP contribution in [0.15, 0.2) is 30.3 Å².